The number of carbonyl (C=O) groups excluding carboxylic acids is 2. The fourth-order valence-electron chi connectivity index (χ4n) is 2.42. The Morgan fingerprint density at radius 2 is 1.94 bits per heavy atom. The molecule has 0 bridgehead atoms. The van der Waals surface area contributed by atoms with Crippen molar-refractivity contribution in [2.75, 3.05) is 7.05 Å². The zero-order valence-corrected chi connectivity index (χ0v) is 10.4. The number of aliphatic hydroxyl groups excluding tert-OH is 1. The molecule has 5 nitrogen and oxygen atoms in total. The molecule has 1 heterocycles. The van der Waals surface area contributed by atoms with E-state index in [0.717, 1.165) is 4.90 Å². The van der Waals surface area contributed by atoms with Crippen LogP contribution in [0, 0.1) is 0 Å². The van der Waals surface area contributed by atoms with Crippen LogP contribution < -0.4 is 5.32 Å². The minimum absolute atomic E-state index is 0.404. The normalized spacial score (nSPS) is 28.2. The number of hydrogen-bond acceptors (Lipinski definition) is 3. The maximum Gasteiger partial charge on any atom is 0.325 e. The van der Waals surface area contributed by atoms with E-state index in [0.29, 0.717) is 12.0 Å². The quantitative estimate of drug-likeness (QED) is 0.814. The van der Waals surface area contributed by atoms with E-state index in [9.17, 15) is 14.7 Å². The lowest BCUT2D eigenvalue weighted by Gasteiger charge is -2.44. The highest BCUT2D eigenvalue weighted by molar-refractivity contribution is 6.03. The zero-order valence-electron chi connectivity index (χ0n) is 10.4. The Kier molecular flexibility index (Phi) is 3.09. The van der Waals surface area contributed by atoms with Gasteiger partial charge in [0.25, 0.3) is 0 Å². The topological polar surface area (TPSA) is 69.6 Å². The Balaban J connectivity index is 2.54. The molecule has 0 aromatic heterocycles. The van der Waals surface area contributed by atoms with Gasteiger partial charge in [-0.05, 0) is 12.0 Å². The summed E-state index contributed by atoms with van der Waals surface area (Å²) in [5, 5.41) is 12.6. The summed E-state index contributed by atoms with van der Waals surface area (Å²) >= 11 is 0. The van der Waals surface area contributed by atoms with Crippen LogP contribution in [0.4, 0.5) is 4.79 Å². The number of carbonyl (C=O) groups is 2. The summed E-state index contributed by atoms with van der Waals surface area (Å²) in [5.41, 5.74) is -0.402. The van der Waals surface area contributed by atoms with Crippen LogP contribution in [0.3, 0.4) is 0 Å². The predicted octanol–water partition coefficient (Wildman–Crippen LogP) is 0.834. The molecule has 1 aromatic rings. The van der Waals surface area contributed by atoms with Crippen molar-refractivity contribution in [2.24, 2.45) is 0 Å². The molecular weight excluding hydrogens is 232 g/mol. The molecule has 2 N–H and O–H groups in total. The summed E-state index contributed by atoms with van der Waals surface area (Å²) in [4.78, 5) is 24.8. The Morgan fingerprint density at radius 3 is 2.50 bits per heavy atom. The van der Waals surface area contributed by atoms with Crippen molar-refractivity contribution in [3.05, 3.63) is 35.9 Å². The average molecular weight is 248 g/mol. The molecule has 2 atom stereocenters. The standard InChI is InChI=1S/C13H16N2O3/c1-3-13(9-7-5-4-6-8-9)10(16)14-12(18)15(2)11(13)17/h4-8,11,17H,3H2,1-2H3,(H,14,16,18). The van der Waals surface area contributed by atoms with Gasteiger partial charge < -0.3 is 10.0 Å². The van der Waals surface area contributed by atoms with Crippen molar-refractivity contribution in [2.45, 2.75) is 25.0 Å². The molecule has 1 saturated heterocycles. The summed E-state index contributed by atoms with van der Waals surface area (Å²) in [6.07, 6.45) is -0.757. The van der Waals surface area contributed by atoms with Gasteiger partial charge >= 0.3 is 6.03 Å². The largest absolute Gasteiger partial charge is 0.372 e. The van der Waals surface area contributed by atoms with Crippen molar-refractivity contribution in [3.8, 4) is 0 Å². The molecule has 18 heavy (non-hydrogen) atoms. The molecule has 0 aliphatic carbocycles. The number of nitrogens with one attached hydrogen (secondary N) is 1. The minimum Gasteiger partial charge on any atom is -0.372 e. The maximum atomic E-state index is 12.2. The van der Waals surface area contributed by atoms with E-state index >= 15 is 0 Å². The van der Waals surface area contributed by atoms with Crippen LogP contribution in [0.2, 0.25) is 0 Å². The number of imide groups is 1. The van der Waals surface area contributed by atoms with Crippen molar-refractivity contribution in [1.29, 1.82) is 0 Å². The second-order valence-electron chi connectivity index (χ2n) is 4.43. The molecule has 0 saturated carbocycles. The van der Waals surface area contributed by atoms with Crippen LogP contribution in [0.15, 0.2) is 30.3 Å². The summed E-state index contributed by atoms with van der Waals surface area (Å²) < 4.78 is 0. The van der Waals surface area contributed by atoms with Gasteiger partial charge in [0.2, 0.25) is 5.91 Å². The first kappa shape index (κ1) is 12.6. The van der Waals surface area contributed by atoms with E-state index in [1.54, 1.807) is 12.1 Å². The first-order chi connectivity index (χ1) is 8.54. The van der Waals surface area contributed by atoms with E-state index in [2.05, 4.69) is 5.32 Å². The monoisotopic (exact) mass is 248 g/mol. The second kappa shape index (κ2) is 4.42. The van der Waals surface area contributed by atoms with Gasteiger partial charge in [-0.3, -0.25) is 10.1 Å². The van der Waals surface area contributed by atoms with Gasteiger partial charge in [0.1, 0.15) is 11.6 Å². The number of urea groups is 1. The third kappa shape index (κ3) is 1.59. The molecule has 0 spiro atoms. The predicted molar refractivity (Wildman–Crippen MR) is 65.7 cm³/mol. The lowest BCUT2D eigenvalue weighted by Crippen LogP contribution is -2.66. The minimum atomic E-state index is -1.16. The maximum absolute atomic E-state index is 12.2. The number of aliphatic hydroxyl groups is 1. The fourth-order valence-corrected chi connectivity index (χ4v) is 2.42. The van der Waals surface area contributed by atoms with Crippen molar-refractivity contribution in [3.63, 3.8) is 0 Å². The van der Waals surface area contributed by atoms with Crippen molar-refractivity contribution in [1.82, 2.24) is 10.2 Å². The molecule has 1 aromatic carbocycles. The summed E-state index contributed by atoms with van der Waals surface area (Å²) in [6.45, 7) is 1.82. The molecule has 3 amide bonds. The van der Waals surface area contributed by atoms with Crippen molar-refractivity contribution >= 4 is 11.9 Å². The lowest BCUT2D eigenvalue weighted by molar-refractivity contribution is -0.140. The van der Waals surface area contributed by atoms with Crippen LogP contribution in [-0.2, 0) is 10.2 Å². The zero-order chi connectivity index (χ0) is 13.3. The molecule has 1 aliphatic heterocycles. The van der Waals surface area contributed by atoms with E-state index < -0.39 is 23.6 Å². The number of hydrogen-bond donors (Lipinski definition) is 2. The third-order valence-electron chi connectivity index (χ3n) is 3.60. The molecule has 96 valence electrons. The second-order valence-corrected chi connectivity index (χ2v) is 4.43. The number of nitrogens with zero attached hydrogens (tertiary/aromatic N) is 1. The van der Waals surface area contributed by atoms with Gasteiger partial charge in [-0.1, -0.05) is 37.3 Å². The number of benzene rings is 1. The summed E-state index contributed by atoms with van der Waals surface area (Å²) in [7, 11) is 1.47. The Hall–Kier alpha value is -1.88. The third-order valence-corrected chi connectivity index (χ3v) is 3.60. The first-order valence-corrected chi connectivity index (χ1v) is 5.86. The fraction of sp³-hybridized carbons (Fsp3) is 0.385. The van der Waals surface area contributed by atoms with Gasteiger partial charge in [0.15, 0.2) is 0 Å². The Labute approximate surface area is 105 Å². The molecule has 1 fully saturated rings. The molecule has 2 rings (SSSR count). The van der Waals surface area contributed by atoms with Crippen LogP contribution in [-0.4, -0.2) is 35.2 Å². The molecule has 0 radical (unpaired) electrons. The summed E-state index contributed by atoms with van der Waals surface area (Å²) in [6, 6.07) is 8.46. The summed E-state index contributed by atoms with van der Waals surface area (Å²) in [5.74, 6) is -0.452. The van der Waals surface area contributed by atoms with Crippen LogP contribution in [0.25, 0.3) is 0 Å². The van der Waals surface area contributed by atoms with E-state index in [1.165, 1.54) is 7.05 Å². The van der Waals surface area contributed by atoms with Crippen LogP contribution in [0.1, 0.15) is 18.9 Å². The SMILES string of the molecule is CCC1(c2ccccc2)C(=O)NC(=O)N(C)C1O. The highest BCUT2D eigenvalue weighted by atomic mass is 16.3. The van der Waals surface area contributed by atoms with E-state index in [-0.39, 0.29) is 0 Å². The average Bonchev–Trinajstić information content (AvgIpc) is 2.39. The van der Waals surface area contributed by atoms with Gasteiger partial charge in [-0.2, -0.15) is 0 Å². The number of amides is 3. The molecule has 2 unspecified atom stereocenters. The first-order valence-electron chi connectivity index (χ1n) is 5.86. The highest BCUT2D eigenvalue weighted by Crippen LogP contribution is 2.35. The number of rotatable bonds is 2. The van der Waals surface area contributed by atoms with E-state index in [4.69, 9.17) is 0 Å². The van der Waals surface area contributed by atoms with Crippen LogP contribution >= 0.6 is 0 Å². The highest BCUT2D eigenvalue weighted by Gasteiger charge is 2.52. The molecule has 5 heteroatoms. The number of likely N-dealkylation sites (N-methyl/N-ethyl adjacent to an activating group) is 1. The van der Waals surface area contributed by atoms with Gasteiger partial charge in [-0.25, -0.2) is 4.79 Å². The van der Waals surface area contributed by atoms with Gasteiger partial charge in [0, 0.05) is 7.05 Å². The van der Waals surface area contributed by atoms with E-state index in [1.807, 2.05) is 25.1 Å². The van der Waals surface area contributed by atoms with Gasteiger partial charge in [0.05, 0.1) is 0 Å². The van der Waals surface area contributed by atoms with Gasteiger partial charge in [-0.15, -0.1) is 0 Å². The Morgan fingerprint density at radius 1 is 1.33 bits per heavy atom. The van der Waals surface area contributed by atoms with Crippen molar-refractivity contribution < 1.29 is 14.7 Å². The Bertz CT molecular complexity index is 474. The lowest BCUT2D eigenvalue weighted by atomic mass is 9.74. The van der Waals surface area contributed by atoms with Crippen LogP contribution in [0.5, 0.6) is 0 Å². The molecule has 1 aliphatic rings. The smallest absolute Gasteiger partial charge is 0.325 e. The molecular formula is C13H16N2O3.